The van der Waals surface area contributed by atoms with Gasteiger partial charge in [-0.25, -0.2) is 4.68 Å². The smallest absolute Gasteiger partial charge is 0.222 e. The molecule has 0 bridgehead atoms. The van der Waals surface area contributed by atoms with Crippen molar-refractivity contribution in [2.75, 3.05) is 13.1 Å². The predicted octanol–water partition coefficient (Wildman–Crippen LogP) is 2.16. The first-order valence-electron chi connectivity index (χ1n) is 7.24. The van der Waals surface area contributed by atoms with Gasteiger partial charge in [0.25, 0.3) is 0 Å². The van der Waals surface area contributed by atoms with Crippen LogP contribution in [-0.4, -0.2) is 28.8 Å². The summed E-state index contributed by atoms with van der Waals surface area (Å²) >= 11 is 0. The van der Waals surface area contributed by atoms with Gasteiger partial charge in [-0.1, -0.05) is 32.0 Å². The zero-order valence-corrected chi connectivity index (χ0v) is 13.8. The third kappa shape index (κ3) is 5.50. The molecule has 2 rings (SSSR count). The maximum absolute atomic E-state index is 11.4. The summed E-state index contributed by atoms with van der Waals surface area (Å²) in [6.45, 7) is 5.91. The van der Waals surface area contributed by atoms with Gasteiger partial charge in [0.15, 0.2) is 0 Å². The summed E-state index contributed by atoms with van der Waals surface area (Å²) < 4.78 is 1.86. The van der Waals surface area contributed by atoms with Crippen molar-refractivity contribution in [1.82, 2.24) is 20.4 Å². The molecule has 1 amide bonds. The number of benzene rings is 1. The molecule has 5 nitrogen and oxygen atoms in total. The normalized spacial score (nSPS) is 10.3. The molecular formula is C16H23ClN4O. The van der Waals surface area contributed by atoms with Crippen molar-refractivity contribution in [1.29, 1.82) is 0 Å². The summed E-state index contributed by atoms with van der Waals surface area (Å²) in [6.07, 6.45) is 3.86. The molecule has 0 aliphatic rings. The summed E-state index contributed by atoms with van der Waals surface area (Å²) in [4.78, 5) is 11.4. The minimum absolute atomic E-state index is 0. The summed E-state index contributed by atoms with van der Waals surface area (Å²) in [7, 11) is 0. The van der Waals surface area contributed by atoms with Crippen molar-refractivity contribution in [3.63, 3.8) is 0 Å². The van der Waals surface area contributed by atoms with Crippen LogP contribution >= 0.6 is 12.4 Å². The molecule has 1 aromatic heterocycles. The zero-order valence-electron chi connectivity index (χ0n) is 13.0. The van der Waals surface area contributed by atoms with E-state index in [-0.39, 0.29) is 24.2 Å². The lowest BCUT2D eigenvalue weighted by molar-refractivity contribution is -0.123. The largest absolute Gasteiger partial charge is 0.355 e. The van der Waals surface area contributed by atoms with Crippen molar-refractivity contribution >= 4 is 18.3 Å². The van der Waals surface area contributed by atoms with Gasteiger partial charge < -0.3 is 10.6 Å². The summed E-state index contributed by atoms with van der Waals surface area (Å²) in [5.74, 6) is 0.128. The van der Waals surface area contributed by atoms with Crippen LogP contribution in [0.15, 0.2) is 42.7 Å². The summed E-state index contributed by atoms with van der Waals surface area (Å²) in [5.41, 5.74) is 2.17. The molecule has 0 aliphatic carbocycles. The number of rotatable bonds is 7. The Morgan fingerprint density at radius 1 is 1.23 bits per heavy atom. The van der Waals surface area contributed by atoms with Gasteiger partial charge >= 0.3 is 0 Å². The Morgan fingerprint density at radius 3 is 2.64 bits per heavy atom. The summed E-state index contributed by atoms with van der Waals surface area (Å²) in [5, 5.41) is 10.5. The van der Waals surface area contributed by atoms with E-state index in [4.69, 9.17) is 0 Å². The fraction of sp³-hybridized carbons (Fsp3) is 0.375. The van der Waals surface area contributed by atoms with E-state index in [9.17, 15) is 4.79 Å². The number of halogens is 1. The number of hydrogen-bond acceptors (Lipinski definition) is 3. The maximum atomic E-state index is 11.4. The van der Waals surface area contributed by atoms with E-state index in [1.165, 1.54) is 0 Å². The van der Waals surface area contributed by atoms with E-state index in [1.807, 2.05) is 61.3 Å². The molecule has 0 fully saturated rings. The molecule has 0 spiro atoms. The van der Waals surface area contributed by atoms with Gasteiger partial charge in [0.1, 0.15) is 0 Å². The summed E-state index contributed by atoms with van der Waals surface area (Å²) in [6, 6.07) is 10.0. The molecule has 1 heterocycles. The second-order valence-corrected chi connectivity index (χ2v) is 5.25. The Hall–Kier alpha value is -1.85. The molecular weight excluding hydrogens is 300 g/mol. The van der Waals surface area contributed by atoms with Gasteiger partial charge in [0.2, 0.25) is 5.91 Å². The zero-order chi connectivity index (χ0) is 15.1. The Kier molecular flexibility index (Phi) is 7.63. The van der Waals surface area contributed by atoms with Crippen molar-refractivity contribution in [3.8, 4) is 5.69 Å². The highest BCUT2D eigenvalue weighted by Gasteiger charge is 2.05. The van der Waals surface area contributed by atoms with E-state index < -0.39 is 0 Å². The number of carbonyl (C=O) groups excluding carboxylic acids is 1. The monoisotopic (exact) mass is 322 g/mol. The van der Waals surface area contributed by atoms with Crippen molar-refractivity contribution in [3.05, 3.63) is 48.3 Å². The van der Waals surface area contributed by atoms with Gasteiger partial charge in [-0.2, -0.15) is 5.10 Å². The SMILES string of the molecule is CC(C)C(=O)NCCNCc1cnn(-c2ccccc2)c1.Cl. The highest BCUT2D eigenvalue weighted by atomic mass is 35.5. The molecule has 0 saturated heterocycles. The number of nitrogens with one attached hydrogen (secondary N) is 2. The van der Waals surface area contributed by atoms with Crippen LogP contribution in [0.3, 0.4) is 0 Å². The standard InChI is InChI=1S/C16H22N4O.ClH/c1-13(2)16(21)18-9-8-17-10-14-11-19-20(12-14)15-6-4-3-5-7-15;/h3-7,11-13,17H,8-10H2,1-2H3,(H,18,21);1H. The molecule has 2 N–H and O–H groups in total. The van der Waals surface area contributed by atoms with Gasteiger partial charge in [0.05, 0.1) is 11.9 Å². The number of nitrogens with zero attached hydrogens (tertiary/aromatic N) is 2. The van der Waals surface area contributed by atoms with E-state index in [0.717, 1.165) is 24.3 Å². The lowest BCUT2D eigenvalue weighted by Gasteiger charge is -2.07. The number of amides is 1. The topological polar surface area (TPSA) is 59.0 Å². The van der Waals surface area contributed by atoms with Crippen molar-refractivity contribution in [2.24, 2.45) is 5.92 Å². The third-order valence-corrected chi connectivity index (χ3v) is 3.11. The number of para-hydroxylation sites is 1. The first kappa shape index (κ1) is 18.2. The maximum Gasteiger partial charge on any atom is 0.222 e. The van der Waals surface area contributed by atoms with Crippen LogP contribution in [0.25, 0.3) is 5.69 Å². The molecule has 1 aromatic carbocycles. The van der Waals surface area contributed by atoms with Gasteiger partial charge in [0, 0.05) is 37.3 Å². The van der Waals surface area contributed by atoms with Crippen LogP contribution in [0, 0.1) is 5.92 Å². The molecule has 0 aliphatic heterocycles. The van der Waals surface area contributed by atoms with Gasteiger partial charge in [-0.3, -0.25) is 4.79 Å². The van der Waals surface area contributed by atoms with Crippen molar-refractivity contribution < 1.29 is 4.79 Å². The van der Waals surface area contributed by atoms with Crippen LogP contribution in [0.2, 0.25) is 0 Å². The van der Waals surface area contributed by atoms with E-state index in [2.05, 4.69) is 15.7 Å². The average Bonchev–Trinajstić information content (AvgIpc) is 2.96. The van der Waals surface area contributed by atoms with Gasteiger partial charge in [-0.05, 0) is 12.1 Å². The van der Waals surface area contributed by atoms with Crippen LogP contribution < -0.4 is 10.6 Å². The Morgan fingerprint density at radius 2 is 1.95 bits per heavy atom. The second-order valence-electron chi connectivity index (χ2n) is 5.25. The van der Waals surface area contributed by atoms with Crippen LogP contribution in [0.5, 0.6) is 0 Å². The molecule has 120 valence electrons. The molecule has 0 unspecified atom stereocenters. The fourth-order valence-electron chi connectivity index (χ4n) is 1.88. The number of hydrogen-bond donors (Lipinski definition) is 2. The molecule has 0 atom stereocenters. The number of aromatic nitrogens is 2. The predicted molar refractivity (Wildman–Crippen MR) is 90.4 cm³/mol. The molecule has 0 saturated carbocycles. The molecule has 22 heavy (non-hydrogen) atoms. The van der Waals surface area contributed by atoms with E-state index in [1.54, 1.807) is 0 Å². The van der Waals surface area contributed by atoms with E-state index in [0.29, 0.717) is 6.54 Å². The quantitative estimate of drug-likeness (QED) is 0.768. The van der Waals surface area contributed by atoms with E-state index >= 15 is 0 Å². The third-order valence-electron chi connectivity index (χ3n) is 3.11. The average molecular weight is 323 g/mol. The molecule has 6 heteroatoms. The minimum atomic E-state index is 0. The van der Waals surface area contributed by atoms with Gasteiger partial charge in [-0.15, -0.1) is 12.4 Å². The van der Waals surface area contributed by atoms with Crippen LogP contribution in [0.1, 0.15) is 19.4 Å². The van der Waals surface area contributed by atoms with Crippen LogP contribution in [0.4, 0.5) is 0 Å². The minimum Gasteiger partial charge on any atom is -0.355 e. The Balaban J connectivity index is 0.00000242. The van der Waals surface area contributed by atoms with Crippen LogP contribution in [-0.2, 0) is 11.3 Å². The lowest BCUT2D eigenvalue weighted by Crippen LogP contribution is -2.34. The van der Waals surface area contributed by atoms with Crippen molar-refractivity contribution in [2.45, 2.75) is 20.4 Å². The first-order valence-corrected chi connectivity index (χ1v) is 7.24. The highest BCUT2D eigenvalue weighted by molar-refractivity contribution is 5.85. The lowest BCUT2D eigenvalue weighted by atomic mass is 10.2. The second kappa shape index (κ2) is 9.23. The first-order chi connectivity index (χ1) is 10.2. The highest BCUT2D eigenvalue weighted by Crippen LogP contribution is 2.07. The Labute approximate surface area is 137 Å². The molecule has 2 aromatic rings. The number of carbonyl (C=O) groups is 1. The molecule has 0 radical (unpaired) electrons. The Bertz CT molecular complexity index is 569. The fourth-order valence-corrected chi connectivity index (χ4v) is 1.88.